The molecule has 1 fully saturated rings. The van der Waals surface area contributed by atoms with E-state index in [4.69, 9.17) is 14.3 Å². The summed E-state index contributed by atoms with van der Waals surface area (Å²) < 4.78 is 24.3. The van der Waals surface area contributed by atoms with E-state index in [9.17, 15) is 19.3 Å². The Morgan fingerprint density at radius 2 is 2.05 bits per heavy atom. The fourth-order valence-electron chi connectivity index (χ4n) is 4.95. The molecule has 2 aromatic carbocycles. The Morgan fingerprint density at radius 1 is 1.31 bits per heavy atom. The number of hydrogen-bond acceptors (Lipinski definition) is 8. The molecule has 39 heavy (non-hydrogen) atoms. The Balaban J connectivity index is 1.52. The molecule has 10 heteroatoms. The number of rotatable bonds is 11. The molecule has 4 rings (SSSR count). The first kappa shape index (κ1) is 28.7. The maximum absolute atomic E-state index is 13.6. The topological polar surface area (TPSA) is 114 Å². The van der Waals surface area contributed by atoms with Crippen molar-refractivity contribution in [1.82, 2.24) is 10.2 Å². The quantitative estimate of drug-likeness (QED) is 0.175. The lowest BCUT2D eigenvalue weighted by atomic mass is 9.89. The van der Waals surface area contributed by atoms with Crippen LogP contribution in [-0.2, 0) is 38.3 Å². The van der Waals surface area contributed by atoms with E-state index in [0.717, 1.165) is 35.2 Å². The highest BCUT2D eigenvalue weighted by Gasteiger charge is 2.41. The summed E-state index contributed by atoms with van der Waals surface area (Å²) in [6.45, 7) is 8.97. The average Bonchev–Trinajstić information content (AvgIpc) is 3.58. The van der Waals surface area contributed by atoms with E-state index in [2.05, 4.69) is 5.32 Å². The third kappa shape index (κ3) is 6.49. The minimum Gasteiger partial charge on any atom is -0.507 e. The summed E-state index contributed by atoms with van der Waals surface area (Å²) in [5, 5.41) is 14.1. The standard InChI is InChI=1S/C29H35N2O7P/c1-5-23-19(3)25-16-36-29(34)26(25)27(32)24(23)12-11-18(2)17-39(35)31(38-21-9-7-6-8-10-21)20(4)28(33)37-22-13-14-30-15-22/h6-11,20,22,30H,5,12-17H2,1-4H3/p+1/t20-,22-/m0/s1. The van der Waals surface area contributed by atoms with Crippen molar-refractivity contribution in [3.8, 4) is 11.5 Å². The van der Waals surface area contributed by atoms with Gasteiger partial charge in [-0.3, -0.25) is 4.79 Å². The van der Waals surface area contributed by atoms with Crippen LogP contribution < -0.4 is 10.2 Å². The smallest absolute Gasteiger partial charge is 0.475 e. The second-order valence-corrected chi connectivity index (χ2v) is 11.3. The van der Waals surface area contributed by atoms with Gasteiger partial charge < -0.3 is 24.7 Å². The lowest BCUT2D eigenvalue weighted by Crippen LogP contribution is -2.40. The SMILES string of the molecule is CCc1c(C)c2c(c(O)c1CC=C(C)C[P+](=O)N(Oc1ccccc1)[C@@H](C)C(=O)O[C@H]1CCNC1)C(=O)OC2. The minimum atomic E-state index is -2.17. The number of phenols is 1. The van der Waals surface area contributed by atoms with Crippen LogP contribution >= 0.6 is 7.95 Å². The van der Waals surface area contributed by atoms with E-state index in [1.165, 1.54) is 4.83 Å². The van der Waals surface area contributed by atoms with Crippen molar-refractivity contribution in [2.24, 2.45) is 0 Å². The third-order valence-electron chi connectivity index (χ3n) is 7.17. The van der Waals surface area contributed by atoms with Crippen molar-refractivity contribution < 1.29 is 33.6 Å². The molecule has 0 spiro atoms. The molecule has 2 heterocycles. The van der Waals surface area contributed by atoms with Crippen LogP contribution in [-0.4, -0.2) is 53.3 Å². The fourth-order valence-corrected chi connectivity index (χ4v) is 6.32. The molecule has 9 nitrogen and oxygen atoms in total. The van der Waals surface area contributed by atoms with Gasteiger partial charge >= 0.3 is 19.9 Å². The van der Waals surface area contributed by atoms with Gasteiger partial charge in [-0.05, 0) is 80.0 Å². The maximum atomic E-state index is 13.6. The highest BCUT2D eigenvalue weighted by atomic mass is 31.1. The molecule has 0 radical (unpaired) electrons. The van der Waals surface area contributed by atoms with Gasteiger partial charge in [0, 0.05) is 17.7 Å². The molecule has 1 saturated heterocycles. The van der Waals surface area contributed by atoms with Crippen LogP contribution in [0.1, 0.15) is 59.8 Å². The lowest BCUT2D eigenvalue weighted by Gasteiger charge is -2.20. The van der Waals surface area contributed by atoms with Crippen LogP contribution in [0.15, 0.2) is 42.0 Å². The zero-order valence-corrected chi connectivity index (χ0v) is 23.8. The molecule has 3 atom stereocenters. The average molecular weight is 556 g/mol. The van der Waals surface area contributed by atoms with Gasteiger partial charge in [0.2, 0.25) is 0 Å². The van der Waals surface area contributed by atoms with Gasteiger partial charge in [0.25, 0.3) is 0 Å². The molecule has 0 bridgehead atoms. The summed E-state index contributed by atoms with van der Waals surface area (Å²) in [6, 6.07) is 8.00. The summed E-state index contributed by atoms with van der Waals surface area (Å²) in [5.74, 6) is -0.596. The molecule has 2 aliphatic rings. The fraction of sp³-hybridized carbons (Fsp3) is 0.448. The van der Waals surface area contributed by atoms with Gasteiger partial charge in [-0.15, -0.1) is 0 Å². The molecule has 2 aromatic rings. The summed E-state index contributed by atoms with van der Waals surface area (Å²) >= 11 is 0. The summed E-state index contributed by atoms with van der Waals surface area (Å²) in [4.78, 5) is 32.3. The van der Waals surface area contributed by atoms with Crippen LogP contribution in [0.5, 0.6) is 11.5 Å². The third-order valence-corrected chi connectivity index (χ3v) is 8.81. The van der Waals surface area contributed by atoms with Crippen LogP contribution in [0, 0.1) is 6.92 Å². The summed E-state index contributed by atoms with van der Waals surface area (Å²) in [6.07, 6.45) is 3.59. The highest BCUT2D eigenvalue weighted by molar-refractivity contribution is 7.42. The number of para-hydroxylation sites is 1. The van der Waals surface area contributed by atoms with E-state index < -0.39 is 25.9 Å². The number of fused-ring (bicyclic) bond motifs is 1. The van der Waals surface area contributed by atoms with Crippen molar-refractivity contribution in [2.45, 2.75) is 65.7 Å². The second kappa shape index (κ2) is 12.7. The van der Waals surface area contributed by atoms with Crippen molar-refractivity contribution >= 4 is 19.9 Å². The number of benzene rings is 2. The van der Waals surface area contributed by atoms with Crippen molar-refractivity contribution in [1.29, 1.82) is 0 Å². The zero-order valence-electron chi connectivity index (χ0n) is 22.9. The number of carbonyl (C=O) groups is 2. The number of esters is 2. The molecule has 0 saturated carbocycles. The number of phenolic OH excluding ortho intramolecular Hbond substituents is 1. The van der Waals surface area contributed by atoms with Gasteiger partial charge in [-0.1, -0.05) is 31.2 Å². The molecule has 0 aliphatic carbocycles. The highest BCUT2D eigenvalue weighted by Crippen LogP contribution is 2.39. The molecule has 0 aromatic heterocycles. The largest absolute Gasteiger partial charge is 0.507 e. The van der Waals surface area contributed by atoms with Crippen molar-refractivity contribution in [2.75, 3.05) is 19.3 Å². The number of allylic oxidation sites excluding steroid dienone is 2. The van der Waals surface area contributed by atoms with Crippen LogP contribution in [0.4, 0.5) is 0 Å². The Bertz CT molecular complexity index is 1270. The molecule has 2 N–H and O–H groups in total. The number of nitrogens with one attached hydrogen (secondary N) is 1. The Morgan fingerprint density at radius 3 is 2.72 bits per heavy atom. The molecule has 2 aliphatic heterocycles. The van der Waals surface area contributed by atoms with Gasteiger partial charge in [0.15, 0.2) is 18.0 Å². The number of cyclic esters (lactones) is 1. The molecule has 1 unspecified atom stereocenters. The van der Waals surface area contributed by atoms with E-state index in [-0.39, 0.29) is 30.2 Å². The van der Waals surface area contributed by atoms with Crippen molar-refractivity contribution in [3.05, 3.63) is 69.8 Å². The van der Waals surface area contributed by atoms with E-state index in [1.54, 1.807) is 31.2 Å². The molecule has 208 valence electrons. The molecular formula is C29H36N2O7P+. The van der Waals surface area contributed by atoms with E-state index in [0.29, 0.717) is 30.7 Å². The number of carbonyl (C=O) groups excluding carboxylic acids is 2. The number of ether oxygens (including phenoxy) is 2. The lowest BCUT2D eigenvalue weighted by molar-refractivity contribution is -0.158. The summed E-state index contributed by atoms with van der Waals surface area (Å²) in [5.41, 5.74) is 4.37. The van der Waals surface area contributed by atoms with E-state index in [1.807, 2.05) is 32.9 Å². The Kier molecular flexibility index (Phi) is 9.38. The second-order valence-electron chi connectivity index (χ2n) is 9.91. The normalized spacial score (nSPS) is 18.1. The van der Waals surface area contributed by atoms with Gasteiger partial charge in [-0.2, -0.15) is 0 Å². The van der Waals surface area contributed by atoms with Gasteiger partial charge in [-0.25, -0.2) is 4.79 Å². The zero-order chi connectivity index (χ0) is 28.1. The van der Waals surface area contributed by atoms with Crippen LogP contribution in [0.2, 0.25) is 0 Å². The molecular weight excluding hydrogens is 519 g/mol. The van der Waals surface area contributed by atoms with Gasteiger partial charge in [0.1, 0.15) is 24.0 Å². The maximum Gasteiger partial charge on any atom is 0.475 e. The Hall–Kier alpha value is -3.26. The molecule has 0 amide bonds. The van der Waals surface area contributed by atoms with Crippen LogP contribution in [0.3, 0.4) is 0 Å². The number of hydrogen-bond donors (Lipinski definition) is 2. The number of aromatic hydroxyl groups is 1. The van der Waals surface area contributed by atoms with E-state index >= 15 is 0 Å². The predicted octanol–water partition coefficient (Wildman–Crippen LogP) is 4.75. The minimum absolute atomic E-state index is 0.0461. The first-order valence-corrected chi connectivity index (χ1v) is 14.7. The first-order chi connectivity index (χ1) is 18.7. The monoisotopic (exact) mass is 555 g/mol. The van der Waals surface area contributed by atoms with Crippen LogP contribution in [0.25, 0.3) is 0 Å². The number of nitrogens with zero attached hydrogens (tertiary/aromatic N) is 1. The summed E-state index contributed by atoms with van der Waals surface area (Å²) in [7, 11) is -2.17. The first-order valence-electron chi connectivity index (χ1n) is 13.3. The van der Waals surface area contributed by atoms with Crippen molar-refractivity contribution in [3.63, 3.8) is 0 Å². The number of hydroxylamine groups is 1. The predicted molar refractivity (Wildman–Crippen MR) is 147 cm³/mol. The van der Waals surface area contributed by atoms with Gasteiger partial charge in [0.05, 0.1) is 4.83 Å². The Labute approximate surface area is 229 Å².